The van der Waals surface area contributed by atoms with Gasteiger partial charge in [-0.15, -0.1) is 0 Å². The maximum Gasteiger partial charge on any atom is 0.0409 e. The van der Waals surface area contributed by atoms with Gasteiger partial charge in [0.2, 0.25) is 0 Å². The van der Waals surface area contributed by atoms with E-state index in [1.807, 2.05) is 12.1 Å². The van der Waals surface area contributed by atoms with Crippen LogP contribution in [0.1, 0.15) is 37.4 Å². The van der Waals surface area contributed by atoms with E-state index in [0.29, 0.717) is 6.04 Å². The number of hydrogen-bond acceptors (Lipinski definition) is 1. The summed E-state index contributed by atoms with van der Waals surface area (Å²) in [6.45, 7) is 7.52. The van der Waals surface area contributed by atoms with Crippen molar-refractivity contribution in [2.75, 3.05) is 6.54 Å². The molecule has 1 rings (SSSR count). The Labute approximate surface area is 91.5 Å². The van der Waals surface area contributed by atoms with E-state index in [9.17, 15) is 0 Å². The van der Waals surface area contributed by atoms with Crippen molar-refractivity contribution in [3.8, 4) is 0 Å². The second-order valence-corrected chi connectivity index (χ2v) is 4.11. The van der Waals surface area contributed by atoms with Crippen LogP contribution in [0, 0.1) is 6.92 Å². The lowest BCUT2D eigenvalue weighted by Crippen LogP contribution is -2.19. The lowest BCUT2D eigenvalue weighted by Gasteiger charge is -2.16. The second kappa shape index (κ2) is 5.38. The van der Waals surface area contributed by atoms with Gasteiger partial charge in [0, 0.05) is 11.1 Å². The van der Waals surface area contributed by atoms with Gasteiger partial charge in [-0.05, 0) is 50.1 Å². The zero-order valence-corrected chi connectivity index (χ0v) is 9.86. The van der Waals surface area contributed by atoms with Gasteiger partial charge >= 0.3 is 0 Å². The molecule has 78 valence electrons. The van der Waals surface area contributed by atoms with Crippen molar-refractivity contribution in [1.29, 1.82) is 0 Å². The van der Waals surface area contributed by atoms with Gasteiger partial charge < -0.3 is 5.32 Å². The predicted octanol–water partition coefficient (Wildman–Crippen LogP) is 3.71. The van der Waals surface area contributed by atoms with Crippen molar-refractivity contribution in [2.45, 2.75) is 33.2 Å². The molecule has 0 aliphatic rings. The summed E-state index contributed by atoms with van der Waals surface area (Å²) < 4.78 is 0. The van der Waals surface area contributed by atoms with E-state index in [1.54, 1.807) is 0 Å². The van der Waals surface area contributed by atoms with Gasteiger partial charge in [0.05, 0.1) is 0 Å². The Hall–Kier alpha value is -0.530. The molecular weight excluding hydrogens is 194 g/mol. The minimum absolute atomic E-state index is 0.383. The van der Waals surface area contributed by atoms with Gasteiger partial charge in [0.15, 0.2) is 0 Å². The molecule has 0 saturated heterocycles. The van der Waals surface area contributed by atoms with Crippen LogP contribution in [0.5, 0.6) is 0 Å². The summed E-state index contributed by atoms with van der Waals surface area (Å²) >= 11 is 5.97. The van der Waals surface area contributed by atoms with Crippen LogP contribution in [0.4, 0.5) is 0 Å². The van der Waals surface area contributed by atoms with E-state index in [-0.39, 0.29) is 0 Å². The highest BCUT2D eigenvalue weighted by Gasteiger charge is 2.07. The minimum Gasteiger partial charge on any atom is -0.310 e. The van der Waals surface area contributed by atoms with Crippen LogP contribution in [0.15, 0.2) is 18.2 Å². The Morgan fingerprint density at radius 1 is 1.43 bits per heavy atom. The van der Waals surface area contributed by atoms with Crippen molar-refractivity contribution in [3.63, 3.8) is 0 Å². The standard InChI is InChI=1S/C12H18ClN/c1-4-7-14-10(3)12-8-11(13)6-5-9(12)2/h5-6,8,10,14H,4,7H2,1-3H3. The summed E-state index contributed by atoms with van der Waals surface area (Å²) in [7, 11) is 0. The van der Waals surface area contributed by atoms with Gasteiger partial charge in [-0.3, -0.25) is 0 Å². The quantitative estimate of drug-likeness (QED) is 0.801. The third kappa shape index (κ3) is 3.00. The molecule has 0 radical (unpaired) electrons. The molecule has 1 aromatic carbocycles. The monoisotopic (exact) mass is 211 g/mol. The topological polar surface area (TPSA) is 12.0 Å². The van der Waals surface area contributed by atoms with Gasteiger partial charge in [0.1, 0.15) is 0 Å². The molecule has 1 atom stereocenters. The number of aryl methyl sites for hydroxylation is 1. The zero-order chi connectivity index (χ0) is 10.6. The molecule has 0 saturated carbocycles. The molecule has 0 spiro atoms. The molecule has 1 N–H and O–H groups in total. The zero-order valence-electron chi connectivity index (χ0n) is 9.10. The fourth-order valence-electron chi connectivity index (χ4n) is 1.55. The number of halogens is 1. The SMILES string of the molecule is CCCNC(C)c1cc(Cl)ccc1C. The third-order valence-electron chi connectivity index (χ3n) is 2.41. The molecule has 1 aromatic rings. The highest BCUT2D eigenvalue weighted by Crippen LogP contribution is 2.21. The largest absolute Gasteiger partial charge is 0.310 e. The maximum absolute atomic E-state index is 5.97. The first-order chi connectivity index (χ1) is 6.65. The van der Waals surface area contributed by atoms with Gasteiger partial charge in [-0.25, -0.2) is 0 Å². The van der Waals surface area contributed by atoms with Crippen LogP contribution in [0.25, 0.3) is 0 Å². The lowest BCUT2D eigenvalue weighted by molar-refractivity contribution is 0.568. The summed E-state index contributed by atoms with van der Waals surface area (Å²) in [5.41, 5.74) is 2.59. The highest BCUT2D eigenvalue weighted by molar-refractivity contribution is 6.30. The molecule has 2 heteroatoms. The van der Waals surface area contributed by atoms with Crippen molar-refractivity contribution < 1.29 is 0 Å². The average Bonchev–Trinajstić information content (AvgIpc) is 2.18. The molecule has 1 unspecified atom stereocenters. The fraction of sp³-hybridized carbons (Fsp3) is 0.500. The molecule has 0 bridgehead atoms. The van der Waals surface area contributed by atoms with Gasteiger partial charge in [-0.2, -0.15) is 0 Å². The summed E-state index contributed by atoms with van der Waals surface area (Å²) in [6, 6.07) is 6.44. The molecule has 14 heavy (non-hydrogen) atoms. The first-order valence-electron chi connectivity index (χ1n) is 5.14. The smallest absolute Gasteiger partial charge is 0.0409 e. The number of nitrogens with one attached hydrogen (secondary N) is 1. The van der Waals surface area contributed by atoms with Gasteiger partial charge in [0.25, 0.3) is 0 Å². The normalized spacial score (nSPS) is 12.9. The Balaban J connectivity index is 2.77. The van der Waals surface area contributed by atoms with Gasteiger partial charge in [-0.1, -0.05) is 24.6 Å². The van der Waals surface area contributed by atoms with E-state index >= 15 is 0 Å². The molecule has 1 nitrogen and oxygen atoms in total. The second-order valence-electron chi connectivity index (χ2n) is 3.68. The average molecular weight is 212 g/mol. The van der Waals surface area contributed by atoms with Crippen LogP contribution < -0.4 is 5.32 Å². The van der Waals surface area contributed by atoms with E-state index in [2.05, 4.69) is 32.2 Å². The summed E-state index contributed by atoms with van der Waals surface area (Å²) in [4.78, 5) is 0. The van der Waals surface area contributed by atoms with E-state index in [0.717, 1.165) is 18.0 Å². The number of hydrogen-bond donors (Lipinski definition) is 1. The lowest BCUT2D eigenvalue weighted by atomic mass is 10.0. The van der Waals surface area contributed by atoms with Crippen molar-refractivity contribution in [1.82, 2.24) is 5.32 Å². The van der Waals surface area contributed by atoms with E-state index in [4.69, 9.17) is 11.6 Å². The summed E-state index contributed by atoms with van der Waals surface area (Å²) in [5, 5.41) is 4.27. The van der Waals surface area contributed by atoms with E-state index < -0.39 is 0 Å². The Morgan fingerprint density at radius 3 is 2.79 bits per heavy atom. The first kappa shape index (κ1) is 11.5. The Bertz CT molecular complexity index is 296. The molecule has 0 aromatic heterocycles. The number of benzene rings is 1. The minimum atomic E-state index is 0.383. The van der Waals surface area contributed by atoms with Crippen molar-refractivity contribution in [3.05, 3.63) is 34.3 Å². The third-order valence-corrected chi connectivity index (χ3v) is 2.64. The fourth-order valence-corrected chi connectivity index (χ4v) is 1.73. The van der Waals surface area contributed by atoms with Crippen LogP contribution >= 0.6 is 11.6 Å². The number of rotatable bonds is 4. The molecular formula is C12H18ClN. The van der Waals surface area contributed by atoms with Crippen molar-refractivity contribution >= 4 is 11.6 Å². The summed E-state index contributed by atoms with van der Waals surface area (Å²) in [5.74, 6) is 0. The molecule has 0 aliphatic carbocycles. The molecule has 0 fully saturated rings. The van der Waals surface area contributed by atoms with Crippen LogP contribution in [0.2, 0.25) is 5.02 Å². The van der Waals surface area contributed by atoms with Crippen molar-refractivity contribution in [2.24, 2.45) is 0 Å². The molecule has 0 amide bonds. The summed E-state index contributed by atoms with van der Waals surface area (Å²) in [6.07, 6.45) is 1.16. The van der Waals surface area contributed by atoms with Crippen LogP contribution in [-0.4, -0.2) is 6.54 Å². The molecule has 0 heterocycles. The predicted molar refractivity (Wildman–Crippen MR) is 62.9 cm³/mol. The Morgan fingerprint density at radius 2 is 2.14 bits per heavy atom. The maximum atomic E-state index is 5.97. The highest BCUT2D eigenvalue weighted by atomic mass is 35.5. The Kier molecular flexibility index (Phi) is 4.43. The first-order valence-corrected chi connectivity index (χ1v) is 5.52. The van der Waals surface area contributed by atoms with Crippen LogP contribution in [0.3, 0.4) is 0 Å². The van der Waals surface area contributed by atoms with Crippen LogP contribution in [-0.2, 0) is 0 Å². The molecule has 0 aliphatic heterocycles. The van der Waals surface area contributed by atoms with E-state index in [1.165, 1.54) is 11.1 Å².